The first-order chi connectivity index (χ1) is 25.6. The Labute approximate surface area is 311 Å². The van der Waals surface area contributed by atoms with E-state index in [1.807, 2.05) is 135 Å². The standard InChI is InChI=1S/C42H51N5O6/c1-3-30(2)38(40(50)44-36(39(43)49)27-33-20-12-6-13-21-33)46-41(51)47(25-24-31-16-8-4-9-17-31)28-37(48)35(26-32-18-10-5-11-19-32)45-42(52)53-29-34-22-14-7-15-23-34/h4-23,30,35-38,48H,3,24-29H2,1-2H3,(H2,43,49)(H,44,50)(H,45,52)(H,46,51)/t30-,35-,36-,37+,38-/m0/s1. The molecule has 0 aliphatic heterocycles. The average molecular weight is 722 g/mol. The Morgan fingerprint density at radius 3 is 1.75 bits per heavy atom. The second kappa shape index (κ2) is 21.0. The summed E-state index contributed by atoms with van der Waals surface area (Å²) in [5.41, 5.74) is 9.17. The number of aliphatic hydroxyl groups is 1. The number of ether oxygens (including phenoxy) is 1. The highest BCUT2D eigenvalue weighted by atomic mass is 16.5. The smallest absolute Gasteiger partial charge is 0.407 e. The van der Waals surface area contributed by atoms with E-state index in [4.69, 9.17) is 10.5 Å². The molecule has 0 aromatic heterocycles. The minimum Gasteiger partial charge on any atom is -0.445 e. The molecule has 5 amide bonds. The van der Waals surface area contributed by atoms with Gasteiger partial charge in [0.25, 0.3) is 0 Å². The monoisotopic (exact) mass is 721 g/mol. The molecular weight excluding hydrogens is 670 g/mol. The third kappa shape index (κ3) is 13.4. The fourth-order valence-electron chi connectivity index (χ4n) is 5.87. The molecule has 0 saturated heterocycles. The van der Waals surface area contributed by atoms with Crippen molar-refractivity contribution in [2.45, 2.75) is 70.4 Å². The number of benzene rings is 4. The van der Waals surface area contributed by atoms with Crippen LogP contribution < -0.4 is 21.7 Å². The lowest BCUT2D eigenvalue weighted by Gasteiger charge is -2.32. The first-order valence-electron chi connectivity index (χ1n) is 18.0. The predicted molar refractivity (Wildman–Crippen MR) is 204 cm³/mol. The van der Waals surface area contributed by atoms with Gasteiger partial charge in [-0.1, -0.05) is 142 Å². The van der Waals surface area contributed by atoms with Crippen LogP contribution in [-0.2, 0) is 40.2 Å². The summed E-state index contributed by atoms with van der Waals surface area (Å²) < 4.78 is 5.48. The summed E-state index contributed by atoms with van der Waals surface area (Å²) in [4.78, 5) is 54.7. The Kier molecular flexibility index (Phi) is 15.9. The van der Waals surface area contributed by atoms with Crippen molar-refractivity contribution < 1.29 is 29.0 Å². The van der Waals surface area contributed by atoms with Crippen LogP contribution in [0.5, 0.6) is 0 Å². The number of rotatable bonds is 19. The molecule has 0 heterocycles. The normalized spacial score (nSPS) is 13.7. The maximum atomic E-state index is 14.1. The van der Waals surface area contributed by atoms with Crippen LogP contribution in [0, 0.1) is 5.92 Å². The molecule has 53 heavy (non-hydrogen) atoms. The molecule has 11 heteroatoms. The van der Waals surface area contributed by atoms with Gasteiger partial charge in [-0.05, 0) is 41.0 Å². The molecule has 0 aliphatic rings. The summed E-state index contributed by atoms with van der Waals surface area (Å²) in [6, 6.07) is 34.1. The minimum atomic E-state index is -1.22. The Morgan fingerprint density at radius 2 is 1.23 bits per heavy atom. The highest BCUT2D eigenvalue weighted by molar-refractivity contribution is 5.91. The van der Waals surface area contributed by atoms with Gasteiger partial charge in [-0.2, -0.15) is 0 Å². The number of amides is 5. The molecule has 0 unspecified atom stereocenters. The second-order valence-electron chi connectivity index (χ2n) is 13.2. The Bertz CT molecular complexity index is 1710. The number of urea groups is 1. The van der Waals surface area contributed by atoms with Gasteiger partial charge in [0.15, 0.2) is 0 Å². The Hall–Kier alpha value is -5.68. The number of hydrogen-bond acceptors (Lipinski definition) is 6. The maximum Gasteiger partial charge on any atom is 0.407 e. The lowest BCUT2D eigenvalue weighted by molar-refractivity contribution is -0.129. The molecule has 4 aromatic rings. The van der Waals surface area contributed by atoms with Gasteiger partial charge >= 0.3 is 12.1 Å². The first kappa shape index (κ1) is 40.1. The third-order valence-electron chi connectivity index (χ3n) is 9.20. The fraction of sp³-hybridized carbons (Fsp3) is 0.333. The van der Waals surface area contributed by atoms with Crippen LogP contribution in [0.1, 0.15) is 42.5 Å². The van der Waals surface area contributed by atoms with Crippen LogP contribution >= 0.6 is 0 Å². The molecule has 4 aromatic carbocycles. The van der Waals surface area contributed by atoms with Gasteiger partial charge in [-0.25, -0.2) is 9.59 Å². The van der Waals surface area contributed by atoms with Crippen molar-refractivity contribution in [1.82, 2.24) is 20.9 Å². The van der Waals surface area contributed by atoms with Crippen LogP contribution in [0.3, 0.4) is 0 Å². The second-order valence-corrected chi connectivity index (χ2v) is 13.2. The van der Waals surface area contributed by atoms with Crippen molar-refractivity contribution in [3.05, 3.63) is 144 Å². The fourth-order valence-corrected chi connectivity index (χ4v) is 5.87. The number of nitrogens with one attached hydrogen (secondary N) is 3. The van der Waals surface area contributed by atoms with Crippen molar-refractivity contribution in [1.29, 1.82) is 0 Å². The number of hydrogen-bond donors (Lipinski definition) is 5. The van der Waals surface area contributed by atoms with E-state index in [2.05, 4.69) is 16.0 Å². The molecule has 0 fully saturated rings. The van der Waals surface area contributed by atoms with Gasteiger partial charge < -0.3 is 36.4 Å². The molecule has 280 valence electrons. The van der Waals surface area contributed by atoms with Crippen LogP contribution in [0.15, 0.2) is 121 Å². The zero-order chi connectivity index (χ0) is 38.0. The van der Waals surface area contributed by atoms with Crippen LogP contribution in [0.25, 0.3) is 0 Å². The number of primary amides is 1. The van der Waals surface area contributed by atoms with Crippen LogP contribution in [0.4, 0.5) is 9.59 Å². The summed E-state index contributed by atoms with van der Waals surface area (Å²) in [5.74, 6) is -1.54. The summed E-state index contributed by atoms with van der Waals surface area (Å²) in [7, 11) is 0. The number of aliphatic hydroxyl groups excluding tert-OH is 1. The van der Waals surface area contributed by atoms with Gasteiger partial charge in [0.2, 0.25) is 11.8 Å². The molecule has 4 rings (SSSR count). The van der Waals surface area contributed by atoms with Crippen molar-refractivity contribution in [3.8, 4) is 0 Å². The van der Waals surface area contributed by atoms with Gasteiger partial charge in [0.1, 0.15) is 18.7 Å². The van der Waals surface area contributed by atoms with E-state index in [1.165, 1.54) is 4.90 Å². The summed E-state index contributed by atoms with van der Waals surface area (Å²) in [5, 5.41) is 20.2. The molecule has 0 saturated carbocycles. The van der Waals surface area contributed by atoms with E-state index in [0.29, 0.717) is 12.8 Å². The lowest BCUT2D eigenvalue weighted by Crippen LogP contribution is -2.59. The number of nitrogens with zero attached hydrogens (tertiary/aromatic N) is 1. The van der Waals surface area contributed by atoms with Gasteiger partial charge in [-0.15, -0.1) is 0 Å². The number of carbonyl (C=O) groups excluding carboxylic acids is 4. The van der Waals surface area contributed by atoms with E-state index in [1.54, 1.807) is 0 Å². The summed E-state index contributed by atoms with van der Waals surface area (Å²) >= 11 is 0. The van der Waals surface area contributed by atoms with E-state index in [-0.39, 0.29) is 38.5 Å². The van der Waals surface area contributed by atoms with Crippen molar-refractivity contribution in [2.24, 2.45) is 11.7 Å². The molecule has 0 radical (unpaired) electrons. The van der Waals surface area contributed by atoms with Crippen molar-refractivity contribution in [3.63, 3.8) is 0 Å². The average Bonchev–Trinajstić information content (AvgIpc) is 3.18. The van der Waals surface area contributed by atoms with Gasteiger partial charge in [0.05, 0.1) is 18.7 Å². The first-order valence-corrected chi connectivity index (χ1v) is 18.0. The molecule has 6 N–H and O–H groups in total. The molecule has 0 bridgehead atoms. The number of alkyl carbamates (subject to hydrolysis) is 1. The number of carbonyl (C=O) groups is 4. The van der Waals surface area contributed by atoms with Crippen molar-refractivity contribution >= 4 is 23.9 Å². The van der Waals surface area contributed by atoms with Crippen LogP contribution in [-0.4, -0.2) is 71.3 Å². The highest BCUT2D eigenvalue weighted by Gasteiger charge is 2.32. The van der Waals surface area contributed by atoms with E-state index >= 15 is 0 Å². The molecule has 5 atom stereocenters. The Balaban J connectivity index is 1.53. The largest absolute Gasteiger partial charge is 0.445 e. The SMILES string of the molecule is CC[C@H](C)[C@H](NC(=O)N(CCc1ccccc1)C[C@@H](O)[C@H](Cc1ccccc1)NC(=O)OCc1ccccc1)C(=O)N[C@@H](Cc1ccccc1)C(N)=O. The Morgan fingerprint density at radius 1 is 0.717 bits per heavy atom. The quantitative estimate of drug-likeness (QED) is 0.0938. The lowest BCUT2D eigenvalue weighted by atomic mass is 9.97. The highest BCUT2D eigenvalue weighted by Crippen LogP contribution is 2.14. The summed E-state index contributed by atoms with van der Waals surface area (Å²) in [6.45, 7) is 3.83. The molecule has 0 spiro atoms. The minimum absolute atomic E-state index is 0.0491. The number of nitrogens with two attached hydrogens (primary N) is 1. The molecular formula is C42H51N5O6. The molecule has 0 aliphatic carbocycles. The van der Waals surface area contributed by atoms with E-state index in [9.17, 15) is 24.3 Å². The molecule has 11 nitrogen and oxygen atoms in total. The van der Waals surface area contributed by atoms with Crippen LogP contribution in [0.2, 0.25) is 0 Å². The zero-order valence-electron chi connectivity index (χ0n) is 30.4. The maximum absolute atomic E-state index is 14.1. The topological polar surface area (TPSA) is 163 Å². The van der Waals surface area contributed by atoms with Crippen molar-refractivity contribution in [2.75, 3.05) is 13.1 Å². The zero-order valence-corrected chi connectivity index (χ0v) is 30.4. The van der Waals surface area contributed by atoms with Gasteiger partial charge in [0, 0.05) is 13.0 Å². The summed E-state index contributed by atoms with van der Waals surface area (Å²) in [6.07, 6.45) is -0.437. The van der Waals surface area contributed by atoms with E-state index in [0.717, 1.165) is 22.3 Å². The third-order valence-corrected chi connectivity index (χ3v) is 9.20. The predicted octanol–water partition coefficient (Wildman–Crippen LogP) is 4.77. The van der Waals surface area contributed by atoms with E-state index < -0.39 is 48.2 Å². The van der Waals surface area contributed by atoms with Gasteiger partial charge in [-0.3, -0.25) is 9.59 Å².